The van der Waals surface area contributed by atoms with E-state index in [1.807, 2.05) is 45.9 Å². The number of aliphatic hydroxyl groups excluding tert-OH is 1. The topological polar surface area (TPSA) is 76.5 Å². The van der Waals surface area contributed by atoms with E-state index in [1.54, 1.807) is 12.1 Å². The van der Waals surface area contributed by atoms with Crippen molar-refractivity contribution in [2.45, 2.75) is 39.3 Å². The number of hydrogen-bond donors (Lipinski definition) is 2. The second-order valence-electron chi connectivity index (χ2n) is 6.91. The Balaban J connectivity index is 1.75. The molecule has 1 aromatic carbocycles. The molecule has 7 heteroatoms. The average Bonchev–Trinajstić information content (AvgIpc) is 2.61. The molecule has 142 valence electrons. The Morgan fingerprint density at radius 2 is 1.92 bits per heavy atom. The first kappa shape index (κ1) is 20.4. The van der Waals surface area contributed by atoms with E-state index in [4.69, 9.17) is 21.1 Å². The number of nitrogens with one attached hydrogen (secondary N) is 1. The zero-order valence-corrected chi connectivity index (χ0v) is 16.4. The van der Waals surface area contributed by atoms with Crippen LogP contribution < -0.4 is 14.8 Å². The maximum absolute atomic E-state index is 10.2. The molecule has 0 amide bonds. The van der Waals surface area contributed by atoms with Gasteiger partial charge >= 0.3 is 0 Å². The number of aliphatic hydroxyl groups is 1. The fourth-order valence-corrected chi connectivity index (χ4v) is 2.31. The number of nitrogens with zero attached hydrogens (tertiary/aromatic N) is 2. The van der Waals surface area contributed by atoms with Gasteiger partial charge in [-0.3, -0.25) is 0 Å². The van der Waals surface area contributed by atoms with Crippen molar-refractivity contribution in [1.29, 1.82) is 0 Å². The quantitative estimate of drug-likeness (QED) is 0.697. The minimum absolute atomic E-state index is 0.219. The Morgan fingerprint density at radius 3 is 2.62 bits per heavy atom. The summed E-state index contributed by atoms with van der Waals surface area (Å²) < 4.78 is 11.3. The number of aryl methyl sites for hydroxylation is 1. The summed E-state index contributed by atoms with van der Waals surface area (Å²) in [4.78, 5) is 0. The van der Waals surface area contributed by atoms with Crippen molar-refractivity contribution in [3.8, 4) is 11.6 Å². The second-order valence-corrected chi connectivity index (χ2v) is 7.30. The summed E-state index contributed by atoms with van der Waals surface area (Å²) in [6.45, 7) is 8.98. The van der Waals surface area contributed by atoms with E-state index in [0.29, 0.717) is 24.2 Å². The summed E-state index contributed by atoms with van der Waals surface area (Å²) in [5.74, 6) is 1.20. The molecule has 2 rings (SSSR count). The number of halogens is 1. The van der Waals surface area contributed by atoms with Crippen LogP contribution in [0.4, 0.5) is 0 Å². The number of hydrogen-bond acceptors (Lipinski definition) is 6. The van der Waals surface area contributed by atoms with Gasteiger partial charge in [0.25, 0.3) is 0 Å². The Bertz CT molecular complexity index is 708. The fraction of sp³-hybridized carbons (Fsp3) is 0.474. The highest BCUT2D eigenvalue weighted by Crippen LogP contribution is 2.20. The molecule has 0 saturated heterocycles. The molecule has 6 nitrogen and oxygen atoms in total. The Morgan fingerprint density at radius 1 is 1.15 bits per heavy atom. The highest BCUT2D eigenvalue weighted by atomic mass is 35.5. The molecule has 0 saturated carbocycles. The molecule has 0 aliphatic heterocycles. The van der Waals surface area contributed by atoms with Crippen LogP contribution in [-0.4, -0.2) is 46.7 Å². The Kier molecular flexibility index (Phi) is 7.20. The molecular formula is C19H26ClN3O3. The van der Waals surface area contributed by atoms with Crippen LogP contribution in [0.1, 0.15) is 25.0 Å². The van der Waals surface area contributed by atoms with Crippen molar-refractivity contribution in [2.24, 2.45) is 0 Å². The fourth-order valence-electron chi connectivity index (χ4n) is 2.21. The van der Waals surface area contributed by atoms with Crippen molar-refractivity contribution < 1.29 is 14.6 Å². The molecule has 0 spiro atoms. The van der Waals surface area contributed by atoms with Gasteiger partial charge in [0.05, 0.1) is 0 Å². The van der Waals surface area contributed by atoms with Gasteiger partial charge in [0, 0.05) is 18.2 Å². The highest BCUT2D eigenvalue weighted by molar-refractivity contribution is 6.29. The lowest BCUT2D eigenvalue weighted by Crippen LogP contribution is -2.48. The molecule has 0 bridgehead atoms. The number of ether oxygens (including phenoxy) is 2. The summed E-state index contributed by atoms with van der Waals surface area (Å²) in [5, 5.41) is 21.4. The average molecular weight is 380 g/mol. The van der Waals surface area contributed by atoms with Crippen LogP contribution in [0.5, 0.6) is 11.6 Å². The third-order valence-electron chi connectivity index (χ3n) is 3.99. The first-order valence-electron chi connectivity index (χ1n) is 8.51. The van der Waals surface area contributed by atoms with E-state index in [0.717, 1.165) is 11.3 Å². The smallest absolute Gasteiger partial charge is 0.233 e. The first-order valence-corrected chi connectivity index (χ1v) is 8.89. The standard InChI is InChI=1S/C19H26ClN3O3/c1-13-6-5-7-16(14(13)2)25-11-15(24)10-21-19(3,4)12-26-18-9-8-17(20)22-23-18/h5-9,15,21,24H,10-12H2,1-4H3. The van der Waals surface area contributed by atoms with Gasteiger partial charge in [-0.2, -0.15) is 0 Å². The van der Waals surface area contributed by atoms with Crippen LogP contribution in [0.3, 0.4) is 0 Å². The van der Waals surface area contributed by atoms with Gasteiger partial charge in [-0.25, -0.2) is 0 Å². The zero-order chi connectivity index (χ0) is 19.2. The number of benzene rings is 1. The van der Waals surface area contributed by atoms with Gasteiger partial charge in [-0.05, 0) is 51.0 Å². The molecule has 2 N–H and O–H groups in total. The van der Waals surface area contributed by atoms with E-state index >= 15 is 0 Å². The summed E-state index contributed by atoms with van der Waals surface area (Å²) >= 11 is 5.70. The normalized spacial score (nSPS) is 12.7. The maximum Gasteiger partial charge on any atom is 0.233 e. The molecule has 2 aromatic rings. The highest BCUT2D eigenvalue weighted by Gasteiger charge is 2.20. The van der Waals surface area contributed by atoms with Gasteiger partial charge in [0.1, 0.15) is 25.1 Å². The van der Waals surface area contributed by atoms with Gasteiger partial charge in [-0.1, -0.05) is 23.7 Å². The number of rotatable bonds is 9. The van der Waals surface area contributed by atoms with Crippen LogP contribution in [0.15, 0.2) is 30.3 Å². The molecule has 0 aliphatic rings. The molecular weight excluding hydrogens is 354 g/mol. The monoisotopic (exact) mass is 379 g/mol. The van der Waals surface area contributed by atoms with Crippen molar-refractivity contribution in [2.75, 3.05) is 19.8 Å². The minimum atomic E-state index is -0.635. The second kappa shape index (κ2) is 9.16. The predicted molar refractivity (Wildman–Crippen MR) is 102 cm³/mol. The lowest BCUT2D eigenvalue weighted by molar-refractivity contribution is 0.0919. The van der Waals surface area contributed by atoms with Crippen LogP contribution in [0, 0.1) is 13.8 Å². The molecule has 0 aliphatic carbocycles. The van der Waals surface area contributed by atoms with E-state index in [2.05, 4.69) is 15.5 Å². The van der Waals surface area contributed by atoms with Gasteiger partial charge in [-0.15, -0.1) is 10.2 Å². The molecule has 1 heterocycles. The van der Waals surface area contributed by atoms with Crippen LogP contribution in [0.25, 0.3) is 0 Å². The van der Waals surface area contributed by atoms with Crippen molar-refractivity contribution in [1.82, 2.24) is 15.5 Å². The van der Waals surface area contributed by atoms with Crippen LogP contribution in [-0.2, 0) is 0 Å². The van der Waals surface area contributed by atoms with E-state index in [1.165, 1.54) is 5.56 Å². The van der Waals surface area contributed by atoms with Crippen LogP contribution >= 0.6 is 11.6 Å². The molecule has 1 atom stereocenters. The maximum atomic E-state index is 10.2. The SMILES string of the molecule is Cc1cccc(OCC(O)CNC(C)(C)COc2ccc(Cl)nn2)c1C. The van der Waals surface area contributed by atoms with E-state index in [-0.39, 0.29) is 12.1 Å². The van der Waals surface area contributed by atoms with Crippen molar-refractivity contribution >= 4 is 11.6 Å². The first-order chi connectivity index (χ1) is 12.3. The molecule has 26 heavy (non-hydrogen) atoms. The third-order valence-corrected chi connectivity index (χ3v) is 4.19. The lowest BCUT2D eigenvalue weighted by Gasteiger charge is -2.27. The van der Waals surface area contributed by atoms with Crippen LogP contribution in [0.2, 0.25) is 5.15 Å². The third kappa shape index (κ3) is 6.44. The molecule has 1 unspecified atom stereocenters. The van der Waals surface area contributed by atoms with Gasteiger partial charge < -0.3 is 19.9 Å². The molecule has 1 aromatic heterocycles. The summed E-state index contributed by atoms with van der Waals surface area (Å²) in [6, 6.07) is 9.18. The number of aromatic nitrogens is 2. The Hall–Kier alpha value is -1.89. The molecule has 0 radical (unpaired) electrons. The van der Waals surface area contributed by atoms with Gasteiger partial charge in [0.2, 0.25) is 5.88 Å². The lowest BCUT2D eigenvalue weighted by atomic mass is 10.1. The molecule has 0 fully saturated rings. The Labute approximate surface area is 159 Å². The van der Waals surface area contributed by atoms with E-state index in [9.17, 15) is 5.11 Å². The van der Waals surface area contributed by atoms with Crippen molar-refractivity contribution in [3.05, 3.63) is 46.6 Å². The zero-order valence-electron chi connectivity index (χ0n) is 15.6. The predicted octanol–water partition coefficient (Wildman–Crippen LogP) is 2.93. The largest absolute Gasteiger partial charge is 0.491 e. The van der Waals surface area contributed by atoms with E-state index < -0.39 is 6.10 Å². The summed E-state index contributed by atoms with van der Waals surface area (Å²) in [6.07, 6.45) is -0.635. The summed E-state index contributed by atoms with van der Waals surface area (Å²) in [7, 11) is 0. The number of β-amino-alcohol motifs (C(OH)–C–C–N with tert-alkyl or cyclic N) is 1. The summed E-state index contributed by atoms with van der Waals surface area (Å²) in [5.41, 5.74) is 1.89. The van der Waals surface area contributed by atoms with Gasteiger partial charge in [0.15, 0.2) is 5.15 Å². The van der Waals surface area contributed by atoms with Crippen molar-refractivity contribution in [3.63, 3.8) is 0 Å². The minimum Gasteiger partial charge on any atom is -0.491 e.